The number of carbonyl (C=O) groups is 3. The molecular weight excluding hydrogens is 380 g/mol. The Hall–Kier alpha value is -3.46. The zero-order valence-electron chi connectivity index (χ0n) is 15.2. The summed E-state index contributed by atoms with van der Waals surface area (Å²) in [5.74, 6) is -1.00. The van der Waals surface area contributed by atoms with Crippen LogP contribution in [-0.4, -0.2) is 29.3 Å². The highest BCUT2D eigenvalue weighted by Crippen LogP contribution is 2.27. The molecule has 0 atom stereocenters. The van der Waals surface area contributed by atoms with E-state index < -0.39 is 17.7 Å². The largest absolute Gasteiger partial charge is 0.469 e. The van der Waals surface area contributed by atoms with Gasteiger partial charge in [0.2, 0.25) is 0 Å². The molecule has 3 N–H and O–H groups in total. The Morgan fingerprint density at radius 3 is 2.46 bits per heavy atom. The number of aryl methyl sites for hydroxylation is 2. The molecule has 0 bridgehead atoms. The quantitative estimate of drug-likeness (QED) is 0.570. The molecule has 0 saturated heterocycles. The molecule has 8 nitrogen and oxygen atoms in total. The Morgan fingerprint density at radius 1 is 1.04 bits per heavy atom. The molecule has 0 spiro atoms. The summed E-state index contributed by atoms with van der Waals surface area (Å²) in [6.45, 7) is 3.09. The van der Waals surface area contributed by atoms with Crippen LogP contribution in [0.4, 0.5) is 0 Å². The van der Waals surface area contributed by atoms with Crippen molar-refractivity contribution in [2.75, 3.05) is 6.54 Å². The van der Waals surface area contributed by atoms with Crippen molar-refractivity contribution in [3.8, 4) is 10.6 Å². The van der Waals surface area contributed by atoms with Crippen molar-refractivity contribution in [3.05, 3.63) is 64.6 Å². The minimum Gasteiger partial charge on any atom is -0.469 e. The molecule has 0 radical (unpaired) electrons. The molecule has 144 valence electrons. The molecule has 0 aliphatic rings. The number of nitrogens with zero attached hydrogens (tertiary/aromatic N) is 1. The second-order valence-electron chi connectivity index (χ2n) is 5.88. The van der Waals surface area contributed by atoms with Crippen LogP contribution in [0.3, 0.4) is 0 Å². The van der Waals surface area contributed by atoms with Crippen molar-refractivity contribution in [2.45, 2.75) is 13.8 Å². The lowest BCUT2D eigenvalue weighted by atomic mass is 10.2. The standard InChI is InChI=1S/C19H18N4O4S/c1-11-16(28-19(21-11)13-6-4-3-5-7-13)18(26)23-22-15(24)10-20-17(25)14-8-9-27-12(14)2/h3-9H,10H2,1-2H3,(H,20,25)(H,22,24)(H,23,26). The van der Waals surface area contributed by atoms with Crippen LogP contribution in [0, 0.1) is 13.8 Å². The topological polar surface area (TPSA) is 113 Å². The van der Waals surface area contributed by atoms with Crippen LogP contribution < -0.4 is 16.2 Å². The molecule has 2 heterocycles. The van der Waals surface area contributed by atoms with E-state index in [9.17, 15) is 14.4 Å². The molecule has 3 rings (SSSR count). The fourth-order valence-electron chi connectivity index (χ4n) is 2.42. The summed E-state index contributed by atoms with van der Waals surface area (Å²) >= 11 is 1.24. The van der Waals surface area contributed by atoms with Gasteiger partial charge in [-0.2, -0.15) is 0 Å². The molecule has 3 aromatic rings. The van der Waals surface area contributed by atoms with Crippen LogP contribution >= 0.6 is 11.3 Å². The summed E-state index contributed by atoms with van der Waals surface area (Å²) < 4.78 is 5.04. The first-order valence-electron chi connectivity index (χ1n) is 8.40. The van der Waals surface area contributed by atoms with Crippen LogP contribution in [0.1, 0.15) is 31.5 Å². The van der Waals surface area contributed by atoms with Crippen molar-refractivity contribution in [2.24, 2.45) is 0 Å². The lowest BCUT2D eigenvalue weighted by molar-refractivity contribution is -0.120. The number of furan rings is 1. The summed E-state index contributed by atoms with van der Waals surface area (Å²) in [5.41, 5.74) is 6.45. The molecule has 2 aromatic heterocycles. The number of thiazole rings is 1. The first-order valence-corrected chi connectivity index (χ1v) is 9.21. The molecule has 28 heavy (non-hydrogen) atoms. The summed E-state index contributed by atoms with van der Waals surface area (Å²) in [6.07, 6.45) is 1.39. The second-order valence-corrected chi connectivity index (χ2v) is 6.87. The van der Waals surface area contributed by atoms with Crippen LogP contribution in [0.5, 0.6) is 0 Å². The molecule has 0 aliphatic carbocycles. The molecule has 3 amide bonds. The van der Waals surface area contributed by atoms with Crippen molar-refractivity contribution in [1.29, 1.82) is 0 Å². The number of rotatable bonds is 5. The zero-order chi connectivity index (χ0) is 20.1. The SMILES string of the molecule is Cc1nc(-c2ccccc2)sc1C(=O)NNC(=O)CNC(=O)c1ccoc1C. The predicted molar refractivity (Wildman–Crippen MR) is 104 cm³/mol. The third-order valence-electron chi connectivity index (χ3n) is 3.85. The molecule has 1 aromatic carbocycles. The van der Waals surface area contributed by atoms with Gasteiger partial charge in [-0.1, -0.05) is 30.3 Å². The van der Waals surface area contributed by atoms with E-state index in [2.05, 4.69) is 21.2 Å². The van der Waals surface area contributed by atoms with Gasteiger partial charge in [0.15, 0.2) is 0 Å². The average molecular weight is 398 g/mol. The Labute approximate surface area is 164 Å². The van der Waals surface area contributed by atoms with Crippen molar-refractivity contribution < 1.29 is 18.8 Å². The van der Waals surface area contributed by atoms with Crippen molar-refractivity contribution in [1.82, 2.24) is 21.2 Å². The van der Waals surface area contributed by atoms with Crippen molar-refractivity contribution >= 4 is 29.1 Å². The van der Waals surface area contributed by atoms with Gasteiger partial charge in [0, 0.05) is 5.56 Å². The molecule has 9 heteroatoms. The van der Waals surface area contributed by atoms with E-state index in [0.717, 1.165) is 10.6 Å². The van der Waals surface area contributed by atoms with E-state index in [1.807, 2.05) is 30.3 Å². The minimum atomic E-state index is -0.562. The van der Waals surface area contributed by atoms with Crippen LogP contribution in [0.25, 0.3) is 10.6 Å². The maximum absolute atomic E-state index is 12.3. The van der Waals surface area contributed by atoms with Crippen LogP contribution in [-0.2, 0) is 4.79 Å². The zero-order valence-corrected chi connectivity index (χ0v) is 16.1. The van der Waals surface area contributed by atoms with Crippen molar-refractivity contribution in [3.63, 3.8) is 0 Å². The van der Waals surface area contributed by atoms with Gasteiger partial charge in [0.05, 0.1) is 24.1 Å². The molecule has 0 aliphatic heterocycles. The lowest BCUT2D eigenvalue weighted by Gasteiger charge is -2.07. The maximum atomic E-state index is 12.3. The summed E-state index contributed by atoms with van der Waals surface area (Å²) in [6, 6.07) is 11.0. The smallest absolute Gasteiger partial charge is 0.281 e. The number of benzene rings is 1. The third-order valence-corrected chi connectivity index (χ3v) is 5.06. The van der Waals surface area contributed by atoms with Gasteiger partial charge < -0.3 is 9.73 Å². The van der Waals surface area contributed by atoms with Gasteiger partial charge >= 0.3 is 0 Å². The van der Waals surface area contributed by atoms with Gasteiger partial charge in [0.25, 0.3) is 17.7 Å². The average Bonchev–Trinajstić information content (AvgIpc) is 3.30. The van der Waals surface area contributed by atoms with Gasteiger partial charge in [-0.3, -0.25) is 25.2 Å². The summed E-state index contributed by atoms with van der Waals surface area (Å²) in [4.78, 5) is 40.9. The van der Waals surface area contributed by atoms with E-state index in [1.165, 1.54) is 23.7 Å². The molecule has 0 unspecified atom stereocenters. The highest BCUT2D eigenvalue weighted by atomic mass is 32.1. The predicted octanol–water partition coefficient (Wildman–Crippen LogP) is 2.21. The Balaban J connectivity index is 1.53. The van der Waals surface area contributed by atoms with Gasteiger partial charge in [-0.15, -0.1) is 11.3 Å². The Kier molecular flexibility index (Phi) is 5.85. The molecule has 0 saturated carbocycles. The summed E-state index contributed by atoms with van der Waals surface area (Å²) in [5, 5.41) is 3.17. The number of carbonyl (C=O) groups excluding carboxylic acids is 3. The van der Waals surface area contributed by atoms with Gasteiger partial charge in [0.1, 0.15) is 15.6 Å². The van der Waals surface area contributed by atoms with E-state index in [1.54, 1.807) is 13.8 Å². The fourth-order valence-corrected chi connectivity index (χ4v) is 3.38. The first kappa shape index (κ1) is 19.3. The Bertz CT molecular complexity index is 1010. The third kappa shape index (κ3) is 4.44. The van der Waals surface area contributed by atoms with Gasteiger partial charge in [-0.05, 0) is 19.9 Å². The van der Waals surface area contributed by atoms with Crippen LogP contribution in [0.15, 0.2) is 47.1 Å². The van der Waals surface area contributed by atoms with E-state index >= 15 is 0 Å². The normalized spacial score (nSPS) is 10.4. The highest BCUT2D eigenvalue weighted by Gasteiger charge is 2.17. The monoisotopic (exact) mass is 398 g/mol. The van der Waals surface area contributed by atoms with E-state index in [4.69, 9.17) is 4.42 Å². The first-order chi connectivity index (χ1) is 13.5. The molecular formula is C19H18N4O4S. The van der Waals surface area contributed by atoms with Crippen LogP contribution in [0.2, 0.25) is 0 Å². The number of aromatic nitrogens is 1. The van der Waals surface area contributed by atoms with E-state index in [-0.39, 0.29) is 6.54 Å². The number of hydrogen-bond donors (Lipinski definition) is 3. The number of hydrazine groups is 1. The number of amides is 3. The second kappa shape index (κ2) is 8.49. The fraction of sp³-hybridized carbons (Fsp3) is 0.158. The molecule has 0 fully saturated rings. The van der Waals surface area contributed by atoms with Gasteiger partial charge in [-0.25, -0.2) is 4.98 Å². The minimum absolute atomic E-state index is 0.291. The highest BCUT2D eigenvalue weighted by molar-refractivity contribution is 7.17. The summed E-state index contributed by atoms with van der Waals surface area (Å²) in [7, 11) is 0. The lowest BCUT2D eigenvalue weighted by Crippen LogP contribution is -2.46. The maximum Gasteiger partial charge on any atom is 0.281 e. The Morgan fingerprint density at radius 2 is 1.79 bits per heavy atom. The number of hydrogen-bond acceptors (Lipinski definition) is 6. The number of nitrogens with one attached hydrogen (secondary N) is 3. The van der Waals surface area contributed by atoms with E-state index in [0.29, 0.717) is 21.9 Å².